The second-order valence-corrected chi connectivity index (χ2v) is 5.83. The van der Waals surface area contributed by atoms with Gasteiger partial charge < -0.3 is 4.74 Å². The average Bonchev–Trinajstić information content (AvgIpc) is 3.09. The van der Waals surface area contributed by atoms with Crippen molar-refractivity contribution in [3.8, 4) is 17.0 Å². The van der Waals surface area contributed by atoms with Gasteiger partial charge in [0.05, 0.1) is 12.8 Å². The van der Waals surface area contributed by atoms with Crippen LogP contribution in [0.3, 0.4) is 0 Å². The first kappa shape index (κ1) is 16.0. The fourth-order valence-electron chi connectivity index (χ4n) is 2.19. The molecule has 24 heavy (non-hydrogen) atoms. The van der Waals surface area contributed by atoms with Crippen LogP contribution >= 0.6 is 11.3 Å². The Morgan fingerprint density at radius 1 is 1.12 bits per heavy atom. The van der Waals surface area contributed by atoms with Crippen LogP contribution in [0.25, 0.3) is 17.3 Å². The van der Waals surface area contributed by atoms with E-state index >= 15 is 0 Å². The molecule has 3 rings (SSSR count). The summed E-state index contributed by atoms with van der Waals surface area (Å²) in [6.07, 6.45) is 3.20. The van der Waals surface area contributed by atoms with Crippen LogP contribution in [0.15, 0.2) is 66.1 Å². The lowest BCUT2D eigenvalue weighted by molar-refractivity contribution is -0.111. The first-order valence-electron chi connectivity index (χ1n) is 7.39. The van der Waals surface area contributed by atoms with Crippen molar-refractivity contribution in [3.63, 3.8) is 0 Å². The Labute approximate surface area is 144 Å². The predicted molar refractivity (Wildman–Crippen MR) is 98.2 cm³/mol. The van der Waals surface area contributed by atoms with E-state index < -0.39 is 0 Å². The SMILES string of the molecule is COc1ccccc1/C=C/C(=O)Nc1nc(-c2ccccc2)cs1. The van der Waals surface area contributed by atoms with Gasteiger partial charge in [0.25, 0.3) is 0 Å². The summed E-state index contributed by atoms with van der Waals surface area (Å²) in [5.74, 6) is 0.497. The van der Waals surface area contributed by atoms with Crippen LogP contribution in [0.4, 0.5) is 5.13 Å². The van der Waals surface area contributed by atoms with Gasteiger partial charge >= 0.3 is 0 Å². The highest BCUT2D eigenvalue weighted by atomic mass is 32.1. The molecule has 0 aliphatic carbocycles. The number of hydrogen-bond acceptors (Lipinski definition) is 4. The number of benzene rings is 2. The number of carbonyl (C=O) groups excluding carboxylic acids is 1. The normalized spacial score (nSPS) is 10.7. The van der Waals surface area contributed by atoms with Gasteiger partial charge in [0.15, 0.2) is 5.13 Å². The molecule has 0 radical (unpaired) electrons. The molecule has 1 heterocycles. The second kappa shape index (κ2) is 7.57. The summed E-state index contributed by atoms with van der Waals surface area (Å²) in [7, 11) is 1.60. The van der Waals surface area contributed by atoms with Crippen molar-refractivity contribution < 1.29 is 9.53 Å². The highest BCUT2D eigenvalue weighted by Crippen LogP contribution is 2.24. The molecule has 0 saturated heterocycles. The summed E-state index contributed by atoms with van der Waals surface area (Å²) >= 11 is 1.40. The van der Waals surface area contributed by atoms with Crippen molar-refractivity contribution in [1.29, 1.82) is 0 Å². The van der Waals surface area contributed by atoms with Crippen LogP contribution in [0.1, 0.15) is 5.56 Å². The van der Waals surface area contributed by atoms with Gasteiger partial charge in [-0.25, -0.2) is 4.98 Å². The molecule has 0 saturated carbocycles. The van der Waals surface area contributed by atoms with E-state index in [0.29, 0.717) is 5.13 Å². The summed E-state index contributed by atoms with van der Waals surface area (Å²) in [5, 5.41) is 5.28. The van der Waals surface area contributed by atoms with Crippen LogP contribution < -0.4 is 10.1 Å². The molecule has 0 bridgehead atoms. The summed E-state index contributed by atoms with van der Waals surface area (Å²) in [5.41, 5.74) is 2.72. The largest absolute Gasteiger partial charge is 0.496 e. The van der Waals surface area contributed by atoms with Gasteiger partial charge in [0.2, 0.25) is 5.91 Å². The summed E-state index contributed by atoms with van der Waals surface area (Å²) in [6.45, 7) is 0. The Bertz CT molecular complexity index is 857. The Kier molecular flexibility index (Phi) is 5.03. The molecular weight excluding hydrogens is 320 g/mol. The Morgan fingerprint density at radius 3 is 2.67 bits per heavy atom. The van der Waals surface area contributed by atoms with Crippen LogP contribution in [0.2, 0.25) is 0 Å². The molecule has 0 unspecified atom stereocenters. The van der Waals surface area contributed by atoms with Crippen LogP contribution in [-0.4, -0.2) is 18.0 Å². The molecule has 0 fully saturated rings. The van der Waals surface area contributed by atoms with E-state index in [9.17, 15) is 4.79 Å². The number of carbonyl (C=O) groups is 1. The molecule has 1 N–H and O–H groups in total. The minimum atomic E-state index is -0.227. The predicted octanol–water partition coefficient (Wildman–Crippen LogP) is 4.47. The molecule has 0 aliphatic rings. The van der Waals surface area contributed by atoms with Crippen molar-refractivity contribution >= 4 is 28.5 Å². The van der Waals surface area contributed by atoms with Gasteiger partial charge in [0.1, 0.15) is 5.75 Å². The Balaban J connectivity index is 1.67. The minimum Gasteiger partial charge on any atom is -0.496 e. The number of nitrogens with zero attached hydrogens (tertiary/aromatic N) is 1. The second-order valence-electron chi connectivity index (χ2n) is 4.97. The van der Waals surface area contributed by atoms with Gasteiger partial charge in [-0.2, -0.15) is 0 Å². The highest BCUT2D eigenvalue weighted by Gasteiger charge is 2.06. The highest BCUT2D eigenvalue weighted by molar-refractivity contribution is 7.14. The minimum absolute atomic E-state index is 0.227. The molecule has 1 aromatic heterocycles. The molecule has 120 valence electrons. The van der Waals surface area contributed by atoms with E-state index in [1.165, 1.54) is 17.4 Å². The monoisotopic (exact) mass is 336 g/mol. The van der Waals surface area contributed by atoms with Gasteiger partial charge in [-0.1, -0.05) is 48.5 Å². The zero-order chi connectivity index (χ0) is 16.8. The number of rotatable bonds is 5. The number of amides is 1. The number of aromatic nitrogens is 1. The number of methoxy groups -OCH3 is 1. The van der Waals surface area contributed by atoms with Gasteiger partial charge in [-0.15, -0.1) is 11.3 Å². The third-order valence-corrected chi connectivity index (χ3v) is 4.11. The van der Waals surface area contributed by atoms with Gasteiger partial charge in [0, 0.05) is 22.6 Å². The van der Waals surface area contributed by atoms with Crippen molar-refractivity contribution in [1.82, 2.24) is 4.98 Å². The molecule has 3 aromatic rings. The zero-order valence-corrected chi connectivity index (χ0v) is 13.9. The van der Waals surface area contributed by atoms with E-state index in [1.807, 2.05) is 60.0 Å². The smallest absolute Gasteiger partial charge is 0.250 e. The fourth-order valence-corrected chi connectivity index (χ4v) is 2.91. The maximum absolute atomic E-state index is 12.1. The maximum atomic E-state index is 12.1. The average molecular weight is 336 g/mol. The Morgan fingerprint density at radius 2 is 1.88 bits per heavy atom. The summed E-state index contributed by atoms with van der Waals surface area (Å²) < 4.78 is 5.25. The molecule has 0 aliphatic heterocycles. The molecule has 0 atom stereocenters. The van der Waals surface area contributed by atoms with Crippen molar-refractivity contribution in [2.45, 2.75) is 0 Å². The maximum Gasteiger partial charge on any atom is 0.250 e. The van der Waals surface area contributed by atoms with Gasteiger partial charge in [-0.3, -0.25) is 10.1 Å². The van der Waals surface area contributed by atoms with E-state index in [0.717, 1.165) is 22.6 Å². The summed E-state index contributed by atoms with van der Waals surface area (Å²) in [4.78, 5) is 16.5. The molecule has 0 spiro atoms. The van der Waals surface area contributed by atoms with E-state index in [2.05, 4.69) is 10.3 Å². The number of anilines is 1. The number of hydrogen-bond donors (Lipinski definition) is 1. The van der Waals surface area contributed by atoms with Crippen molar-refractivity contribution in [3.05, 3.63) is 71.6 Å². The van der Waals surface area contributed by atoms with Gasteiger partial charge in [-0.05, 0) is 12.1 Å². The molecule has 4 nitrogen and oxygen atoms in total. The molecule has 2 aromatic carbocycles. The van der Waals surface area contributed by atoms with E-state index in [-0.39, 0.29) is 5.91 Å². The number of nitrogens with one attached hydrogen (secondary N) is 1. The van der Waals surface area contributed by atoms with E-state index in [1.54, 1.807) is 13.2 Å². The Hall–Kier alpha value is -2.92. The number of ether oxygens (including phenoxy) is 1. The standard InChI is InChI=1S/C19H16N2O2S/c1-23-17-10-6-5-9-15(17)11-12-18(22)21-19-20-16(13-24-19)14-7-3-2-4-8-14/h2-13H,1H3,(H,20,21,22)/b12-11+. The molecule has 5 heteroatoms. The third kappa shape index (κ3) is 3.88. The number of para-hydroxylation sites is 1. The van der Waals surface area contributed by atoms with E-state index in [4.69, 9.17) is 4.74 Å². The van der Waals surface area contributed by atoms with Crippen LogP contribution in [0.5, 0.6) is 5.75 Å². The van der Waals surface area contributed by atoms with Crippen molar-refractivity contribution in [2.75, 3.05) is 12.4 Å². The van der Waals surface area contributed by atoms with Crippen LogP contribution in [0, 0.1) is 0 Å². The zero-order valence-electron chi connectivity index (χ0n) is 13.1. The fraction of sp³-hybridized carbons (Fsp3) is 0.0526. The van der Waals surface area contributed by atoms with Crippen LogP contribution in [-0.2, 0) is 4.79 Å². The lowest BCUT2D eigenvalue weighted by Gasteiger charge is -2.03. The lowest BCUT2D eigenvalue weighted by atomic mass is 10.2. The molecular formula is C19H16N2O2S. The van der Waals surface area contributed by atoms with Crippen molar-refractivity contribution in [2.24, 2.45) is 0 Å². The first-order chi connectivity index (χ1) is 11.8. The molecule has 1 amide bonds. The quantitative estimate of drug-likeness (QED) is 0.699. The lowest BCUT2D eigenvalue weighted by Crippen LogP contribution is -2.07. The first-order valence-corrected chi connectivity index (χ1v) is 8.27. The third-order valence-electron chi connectivity index (χ3n) is 3.36. The number of thiazole rings is 1. The summed E-state index contributed by atoms with van der Waals surface area (Å²) in [6, 6.07) is 17.4. The topological polar surface area (TPSA) is 51.2 Å².